The molecule has 2 amide bonds. The number of nitrogens with zero attached hydrogens (tertiary/aromatic N) is 1. The summed E-state index contributed by atoms with van der Waals surface area (Å²) >= 11 is 2.17. The first kappa shape index (κ1) is 15.4. The van der Waals surface area contributed by atoms with E-state index in [2.05, 4.69) is 38.2 Å². The van der Waals surface area contributed by atoms with Crippen molar-refractivity contribution in [2.75, 3.05) is 10.6 Å². The van der Waals surface area contributed by atoms with Gasteiger partial charge in [0.1, 0.15) is 0 Å². The van der Waals surface area contributed by atoms with E-state index in [1.165, 1.54) is 0 Å². The topological polar surface area (TPSA) is 71.1 Å². The van der Waals surface area contributed by atoms with Crippen LogP contribution in [-0.4, -0.2) is 16.8 Å². The van der Waals surface area contributed by atoms with Gasteiger partial charge in [0, 0.05) is 20.8 Å². The van der Waals surface area contributed by atoms with Gasteiger partial charge in [-0.05, 0) is 59.0 Å². The maximum atomic E-state index is 12.1. The van der Waals surface area contributed by atoms with Crippen LogP contribution in [-0.2, 0) is 9.59 Å². The molecule has 0 aliphatic rings. The number of rotatable bonds is 2. The highest BCUT2D eigenvalue weighted by molar-refractivity contribution is 14.1. The third-order valence-corrected chi connectivity index (χ3v) is 3.91. The number of para-hydroxylation sites is 1. The number of halogens is 1. The minimum absolute atomic E-state index is 0.505. The van der Waals surface area contributed by atoms with Crippen LogP contribution in [0.25, 0.3) is 10.9 Å². The zero-order valence-corrected chi connectivity index (χ0v) is 14.1. The first-order valence-corrected chi connectivity index (χ1v) is 7.93. The van der Waals surface area contributed by atoms with Crippen LogP contribution < -0.4 is 10.6 Å². The molecule has 0 spiro atoms. The lowest BCUT2D eigenvalue weighted by Gasteiger charge is -2.08. The summed E-state index contributed by atoms with van der Waals surface area (Å²) in [6, 6.07) is 16.3. The number of carbonyl (C=O) groups excluding carboxylic acids is 2. The summed E-state index contributed by atoms with van der Waals surface area (Å²) in [7, 11) is 0. The van der Waals surface area contributed by atoms with Crippen molar-refractivity contribution in [3.63, 3.8) is 0 Å². The Morgan fingerprint density at radius 3 is 2.35 bits per heavy atom. The Bertz CT molecular complexity index is 873. The number of hydrogen-bond acceptors (Lipinski definition) is 3. The number of benzene rings is 2. The van der Waals surface area contributed by atoms with Crippen LogP contribution in [0.4, 0.5) is 11.4 Å². The molecule has 5 nitrogen and oxygen atoms in total. The molecule has 0 saturated carbocycles. The monoisotopic (exact) mass is 417 g/mol. The lowest BCUT2D eigenvalue weighted by atomic mass is 10.2. The zero-order valence-electron chi connectivity index (χ0n) is 11.9. The molecular formula is C17H12IN3O2. The van der Waals surface area contributed by atoms with Crippen molar-refractivity contribution < 1.29 is 9.59 Å². The van der Waals surface area contributed by atoms with Gasteiger partial charge in [-0.2, -0.15) is 0 Å². The number of anilines is 2. The van der Waals surface area contributed by atoms with E-state index in [1.54, 1.807) is 30.5 Å². The average molecular weight is 417 g/mol. The Labute approximate surface area is 146 Å². The molecule has 0 aliphatic heterocycles. The summed E-state index contributed by atoms with van der Waals surface area (Å²) < 4.78 is 1.05. The summed E-state index contributed by atoms with van der Waals surface area (Å²) in [6.07, 6.45) is 1.64. The Morgan fingerprint density at radius 1 is 0.870 bits per heavy atom. The van der Waals surface area contributed by atoms with Gasteiger partial charge in [-0.25, -0.2) is 0 Å². The lowest BCUT2D eigenvalue weighted by molar-refractivity contribution is -0.132. The highest BCUT2D eigenvalue weighted by atomic mass is 127. The molecule has 3 aromatic rings. The molecule has 0 atom stereocenters. The third-order valence-electron chi connectivity index (χ3n) is 3.19. The second-order valence-corrected chi connectivity index (χ2v) is 6.04. The van der Waals surface area contributed by atoms with Gasteiger partial charge in [0.05, 0.1) is 11.2 Å². The highest BCUT2D eigenvalue weighted by Crippen LogP contribution is 2.20. The van der Waals surface area contributed by atoms with E-state index < -0.39 is 11.8 Å². The Kier molecular flexibility index (Phi) is 4.52. The summed E-state index contributed by atoms with van der Waals surface area (Å²) in [5, 5.41) is 6.06. The highest BCUT2D eigenvalue weighted by Gasteiger charge is 2.15. The Balaban J connectivity index is 1.75. The quantitative estimate of drug-likeness (QED) is 0.496. The Morgan fingerprint density at radius 2 is 1.57 bits per heavy atom. The van der Waals surface area contributed by atoms with Gasteiger partial charge in [0.2, 0.25) is 0 Å². The second-order valence-electron chi connectivity index (χ2n) is 4.80. The van der Waals surface area contributed by atoms with Crippen LogP contribution in [0.3, 0.4) is 0 Å². The number of nitrogens with one attached hydrogen (secondary N) is 2. The molecule has 1 aromatic heterocycles. The van der Waals surface area contributed by atoms with Crippen molar-refractivity contribution >= 4 is 56.7 Å². The van der Waals surface area contributed by atoms with Crippen molar-refractivity contribution in [2.24, 2.45) is 0 Å². The molecule has 6 heteroatoms. The fraction of sp³-hybridized carbons (Fsp3) is 0. The average Bonchev–Trinajstić information content (AvgIpc) is 2.57. The number of hydrogen-bond donors (Lipinski definition) is 2. The van der Waals surface area contributed by atoms with Crippen LogP contribution >= 0.6 is 22.6 Å². The van der Waals surface area contributed by atoms with E-state index >= 15 is 0 Å². The van der Waals surface area contributed by atoms with Gasteiger partial charge < -0.3 is 10.6 Å². The summed E-state index contributed by atoms with van der Waals surface area (Å²) in [6.45, 7) is 0. The first-order chi connectivity index (χ1) is 11.1. The smallest absolute Gasteiger partial charge is 0.314 e. The zero-order chi connectivity index (χ0) is 16.2. The van der Waals surface area contributed by atoms with Crippen molar-refractivity contribution in [2.45, 2.75) is 0 Å². The molecule has 0 saturated heterocycles. The van der Waals surface area contributed by atoms with Crippen LogP contribution in [0.1, 0.15) is 0 Å². The van der Waals surface area contributed by atoms with Crippen LogP contribution in [0.5, 0.6) is 0 Å². The lowest BCUT2D eigenvalue weighted by Crippen LogP contribution is -2.29. The molecule has 2 N–H and O–H groups in total. The second kappa shape index (κ2) is 6.74. The van der Waals surface area contributed by atoms with Gasteiger partial charge >= 0.3 is 11.8 Å². The van der Waals surface area contributed by atoms with E-state index in [4.69, 9.17) is 0 Å². The van der Waals surface area contributed by atoms with E-state index in [9.17, 15) is 9.59 Å². The van der Waals surface area contributed by atoms with Crippen LogP contribution in [0.2, 0.25) is 0 Å². The van der Waals surface area contributed by atoms with Crippen molar-refractivity contribution in [3.05, 3.63) is 64.4 Å². The third kappa shape index (κ3) is 3.65. The number of pyridine rings is 1. The van der Waals surface area contributed by atoms with Crippen LogP contribution in [0.15, 0.2) is 60.8 Å². The largest absolute Gasteiger partial charge is 0.318 e. The minimum atomic E-state index is -0.735. The molecular weight excluding hydrogens is 405 g/mol. The maximum Gasteiger partial charge on any atom is 0.314 e. The number of fused-ring (bicyclic) bond motifs is 1. The van der Waals surface area contributed by atoms with E-state index in [1.807, 2.05) is 30.3 Å². The van der Waals surface area contributed by atoms with E-state index in [0.29, 0.717) is 16.9 Å². The SMILES string of the molecule is O=C(Nc1ccc(I)cc1)C(=O)Nc1cccc2cccnc12. The number of amides is 2. The minimum Gasteiger partial charge on any atom is -0.318 e. The number of aromatic nitrogens is 1. The van der Waals surface area contributed by atoms with Crippen molar-refractivity contribution in [3.8, 4) is 0 Å². The summed E-state index contributed by atoms with van der Waals surface area (Å²) in [4.78, 5) is 28.3. The van der Waals surface area contributed by atoms with Gasteiger partial charge in [0.15, 0.2) is 0 Å². The molecule has 0 fully saturated rings. The molecule has 2 aromatic carbocycles. The molecule has 0 bridgehead atoms. The molecule has 3 rings (SSSR count). The van der Waals surface area contributed by atoms with Crippen LogP contribution in [0, 0.1) is 3.57 Å². The fourth-order valence-corrected chi connectivity index (χ4v) is 2.46. The van der Waals surface area contributed by atoms with Crippen molar-refractivity contribution in [1.29, 1.82) is 0 Å². The van der Waals surface area contributed by atoms with Gasteiger partial charge in [-0.3, -0.25) is 14.6 Å². The molecule has 114 valence electrons. The number of carbonyl (C=O) groups is 2. The predicted octanol–water partition coefficient (Wildman–Crippen LogP) is 3.42. The fourth-order valence-electron chi connectivity index (χ4n) is 2.11. The predicted molar refractivity (Wildman–Crippen MR) is 98.2 cm³/mol. The first-order valence-electron chi connectivity index (χ1n) is 6.85. The molecule has 0 radical (unpaired) electrons. The maximum absolute atomic E-state index is 12.1. The van der Waals surface area contributed by atoms with Crippen molar-refractivity contribution in [1.82, 2.24) is 4.98 Å². The summed E-state index contributed by atoms with van der Waals surface area (Å²) in [5.74, 6) is -1.46. The molecule has 1 heterocycles. The van der Waals surface area contributed by atoms with Gasteiger partial charge in [0.25, 0.3) is 0 Å². The molecule has 23 heavy (non-hydrogen) atoms. The van der Waals surface area contributed by atoms with E-state index in [0.717, 1.165) is 8.96 Å². The van der Waals surface area contributed by atoms with Gasteiger partial charge in [-0.15, -0.1) is 0 Å². The Hall–Kier alpha value is -2.48. The molecule has 0 unspecified atom stereocenters. The molecule has 0 aliphatic carbocycles. The normalized spacial score (nSPS) is 10.3. The summed E-state index contributed by atoms with van der Waals surface area (Å²) in [5.41, 5.74) is 1.72. The van der Waals surface area contributed by atoms with E-state index in [-0.39, 0.29) is 0 Å². The standard InChI is InChI=1S/C17H12IN3O2/c18-12-6-8-13(9-7-12)20-16(22)17(23)21-14-5-1-3-11-4-2-10-19-15(11)14/h1-10H,(H,20,22)(H,21,23). The van der Waals surface area contributed by atoms with Gasteiger partial charge in [-0.1, -0.05) is 18.2 Å².